The number of carbonyl (C=O) groups is 1. The maximum Gasteiger partial charge on any atom is 0.152 e. The number of nitrogens with zero attached hydrogens (tertiary/aromatic N) is 2. The first-order chi connectivity index (χ1) is 8.44. The van der Waals surface area contributed by atoms with Gasteiger partial charge in [-0.1, -0.05) is 15.9 Å². The summed E-state index contributed by atoms with van der Waals surface area (Å²) in [4.78, 5) is 15.9. The summed E-state index contributed by atoms with van der Waals surface area (Å²) in [6.45, 7) is 7.38. The maximum atomic E-state index is 11.2. The van der Waals surface area contributed by atoms with Gasteiger partial charge in [-0.2, -0.15) is 0 Å². The van der Waals surface area contributed by atoms with Gasteiger partial charge in [-0.3, -0.25) is 9.69 Å². The van der Waals surface area contributed by atoms with Crippen molar-refractivity contribution in [1.82, 2.24) is 4.90 Å². The van der Waals surface area contributed by atoms with E-state index >= 15 is 0 Å². The molecule has 1 fully saturated rings. The van der Waals surface area contributed by atoms with Gasteiger partial charge in [0.2, 0.25) is 0 Å². The number of rotatable bonds is 2. The molecule has 0 aromatic heterocycles. The quantitative estimate of drug-likeness (QED) is 0.785. The van der Waals surface area contributed by atoms with Gasteiger partial charge in [-0.05, 0) is 39.1 Å². The Morgan fingerprint density at radius 1 is 1.33 bits per heavy atom. The first-order valence-electron chi connectivity index (χ1n) is 6.15. The highest BCUT2D eigenvalue weighted by Gasteiger charge is 2.31. The van der Waals surface area contributed by atoms with E-state index in [1.807, 2.05) is 18.2 Å². The molecule has 0 saturated carbocycles. The van der Waals surface area contributed by atoms with Crippen molar-refractivity contribution in [3.63, 3.8) is 0 Å². The van der Waals surface area contributed by atoms with Crippen LogP contribution in [0.4, 0.5) is 5.69 Å². The highest BCUT2D eigenvalue weighted by molar-refractivity contribution is 9.10. The van der Waals surface area contributed by atoms with Crippen LogP contribution in [0.15, 0.2) is 22.7 Å². The van der Waals surface area contributed by atoms with E-state index in [4.69, 9.17) is 0 Å². The summed E-state index contributed by atoms with van der Waals surface area (Å²) < 4.78 is 0.946. The SMILES string of the molecule is CN1CCN(c2ccc(Br)cc2C=O)CC1(C)C. The number of aldehydes is 1. The summed E-state index contributed by atoms with van der Waals surface area (Å²) in [6, 6.07) is 5.90. The Labute approximate surface area is 117 Å². The lowest BCUT2D eigenvalue weighted by Crippen LogP contribution is -2.57. The lowest BCUT2D eigenvalue weighted by atomic mass is 9.98. The smallest absolute Gasteiger partial charge is 0.152 e. The van der Waals surface area contributed by atoms with E-state index in [2.05, 4.69) is 46.6 Å². The first-order valence-corrected chi connectivity index (χ1v) is 6.94. The van der Waals surface area contributed by atoms with Crippen molar-refractivity contribution in [2.75, 3.05) is 31.6 Å². The predicted molar refractivity (Wildman–Crippen MR) is 78.5 cm³/mol. The van der Waals surface area contributed by atoms with E-state index in [1.165, 1.54) is 0 Å². The topological polar surface area (TPSA) is 23.6 Å². The molecule has 3 nitrogen and oxygen atoms in total. The van der Waals surface area contributed by atoms with Crippen molar-refractivity contribution in [1.29, 1.82) is 0 Å². The highest BCUT2D eigenvalue weighted by Crippen LogP contribution is 2.28. The normalized spacial score (nSPS) is 19.9. The second-order valence-corrected chi connectivity index (χ2v) is 6.39. The molecule has 0 amide bonds. The Morgan fingerprint density at radius 2 is 2.06 bits per heavy atom. The fraction of sp³-hybridized carbons (Fsp3) is 0.500. The van der Waals surface area contributed by atoms with Crippen molar-refractivity contribution in [3.05, 3.63) is 28.2 Å². The Hall–Kier alpha value is -0.870. The lowest BCUT2D eigenvalue weighted by Gasteiger charge is -2.46. The summed E-state index contributed by atoms with van der Waals surface area (Å²) in [7, 11) is 2.15. The number of likely N-dealkylation sites (N-methyl/N-ethyl adjacent to an activating group) is 1. The Kier molecular flexibility index (Phi) is 3.78. The minimum atomic E-state index is 0.130. The van der Waals surface area contributed by atoms with Crippen LogP contribution in [0.1, 0.15) is 24.2 Å². The van der Waals surface area contributed by atoms with E-state index in [1.54, 1.807) is 0 Å². The molecule has 0 bridgehead atoms. The van der Waals surface area contributed by atoms with Gasteiger partial charge in [0.05, 0.1) is 0 Å². The van der Waals surface area contributed by atoms with E-state index in [9.17, 15) is 4.79 Å². The molecule has 0 radical (unpaired) electrons. The minimum Gasteiger partial charge on any atom is -0.368 e. The standard InChI is InChI=1S/C14H19BrN2O/c1-14(2)10-17(7-6-16(14)3)13-5-4-12(15)8-11(13)9-18/h4-5,8-9H,6-7,10H2,1-3H3. The summed E-state index contributed by atoms with van der Waals surface area (Å²) in [5, 5.41) is 0. The zero-order valence-corrected chi connectivity index (χ0v) is 12.7. The number of anilines is 1. The molecule has 4 heteroatoms. The summed E-state index contributed by atoms with van der Waals surface area (Å²) >= 11 is 3.41. The van der Waals surface area contributed by atoms with Crippen LogP contribution in [0.5, 0.6) is 0 Å². The van der Waals surface area contributed by atoms with Gasteiger partial charge in [-0.15, -0.1) is 0 Å². The van der Waals surface area contributed by atoms with E-state index < -0.39 is 0 Å². The molecule has 1 aromatic rings. The van der Waals surface area contributed by atoms with Crippen LogP contribution in [0.25, 0.3) is 0 Å². The van der Waals surface area contributed by atoms with Crippen LogP contribution in [-0.4, -0.2) is 43.4 Å². The third kappa shape index (κ3) is 2.59. The van der Waals surface area contributed by atoms with Gasteiger partial charge in [0, 0.05) is 40.9 Å². The van der Waals surface area contributed by atoms with Crippen LogP contribution in [0, 0.1) is 0 Å². The first kappa shape index (κ1) is 13.6. The van der Waals surface area contributed by atoms with Crippen LogP contribution >= 0.6 is 15.9 Å². The average molecular weight is 311 g/mol. The highest BCUT2D eigenvalue weighted by atomic mass is 79.9. The summed E-state index contributed by atoms with van der Waals surface area (Å²) in [5.41, 5.74) is 1.92. The maximum absolute atomic E-state index is 11.2. The second-order valence-electron chi connectivity index (χ2n) is 5.48. The van der Waals surface area contributed by atoms with Gasteiger partial charge in [-0.25, -0.2) is 0 Å². The molecule has 1 aliphatic rings. The van der Waals surface area contributed by atoms with E-state index in [-0.39, 0.29) is 5.54 Å². The van der Waals surface area contributed by atoms with Crippen LogP contribution in [0.3, 0.4) is 0 Å². The molecular formula is C14H19BrN2O. The van der Waals surface area contributed by atoms with Crippen molar-refractivity contribution in [2.24, 2.45) is 0 Å². The largest absolute Gasteiger partial charge is 0.368 e. The van der Waals surface area contributed by atoms with Crippen molar-refractivity contribution in [3.8, 4) is 0 Å². The molecule has 0 aliphatic carbocycles. The van der Waals surface area contributed by atoms with Crippen LogP contribution < -0.4 is 4.90 Å². The molecule has 0 spiro atoms. The van der Waals surface area contributed by atoms with Gasteiger partial charge in [0.25, 0.3) is 0 Å². The molecule has 18 heavy (non-hydrogen) atoms. The Morgan fingerprint density at radius 3 is 2.67 bits per heavy atom. The lowest BCUT2D eigenvalue weighted by molar-refractivity contribution is 0.112. The molecular weight excluding hydrogens is 292 g/mol. The molecule has 98 valence electrons. The molecule has 1 saturated heterocycles. The molecule has 1 aromatic carbocycles. The van der Waals surface area contributed by atoms with Gasteiger partial charge >= 0.3 is 0 Å². The predicted octanol–water partition coefficient (Wildman–Crippen LogP) is 2.79. The molecule has 1 aliphatic heterocycles. The second kappa shape index (κ2) is 5.02. The Bertz CT molecular complexity index is 459. The number of piperazine rings is 1. The van der Waals surface area contributed by atoms with Crippen molar-refractivity contribution >= 4 is 27.9 Å². The molecule has 0 atom stereocenters. The van der Waals surface area contributed by atoms with Gasteiger partial charge < -0.3 is 4.90 Å². The van der Waals surface area contributed by atoms with Crippen molar-refractivity contribution in [2.45, 2.75) is 19.4 Å². The Balaban J connectivity index is 2.30. The minimum absolute atomic E-state index is 0.130. The van der Waals surface area contributed by atoms with Crippen LogP contribution in [-0.2, 0) is 0 Å². The van der Waals surface area contributed by atoms with E-state index in [0.29, 0.717) is 0 Å². The average Bonchev–Trinajstić information content (AvgIpc) is 2.32. The number of carbonyl (C=O) groups excluding carboxylic acids is 1. The number of hydrogen-bond acceptors (Lipinski definition) is 3. The monoisotopic (exact) mass is 310 g/mol. The zero-order valence-electron chi connectivity index (χ0n) is 11.1. The fourth-order valence-electron chi connectivity index (χ4n) is 2.35. The summed E-state index contributed by atoms with van der Waals surface area (Å²) in [5.74, 6) is 0. The number of benzene rings is 1. The molecule has 0 N–H and O–H groups in total. The third-order valence-electron chi connectivity index (χ3n) is 3.77. The van der Waals surface area contributed by atoms with Crippen LogP contribution in [0.2, 0.25) is 0 Å². The third-order valence-corrected chi connectivity index (χ3v) is 4.27. The summed E-state index contributed by atoms with van der Waals surface area (Å²) in [6.07, 6.45) is 0.936. The molecule has 2 rings (SSSR count). The number of hydrogen-bond donors (Lipinski definition) is 0. The fourth-order valence-corrected chi connectivity index (χ4v) is 2.73. The van der Waals surface area contributed by atoms with Crippen molar-refractivity contribution < 1.29 is 4.79 Å². The molecule has 0 unspecified atom stereocenters. The number of halogens is 1. The molecule has 1 heterocycles. The van der Waals surface area contributed by atoms with Gasteiger partial charge in [0.15, 0.2) is 6.29 Å². The van der Waals surface area contributed by atoms with E-state index in [0.717, 1.165) is 41.6 Å². The van der Waals surface area contributed by atoms with Gasteiger partial charge in [0.1, 0.15) is 0 Å². The zero-order chi connectivity index (χ0) is 13.3.